The van der Waals surface area contributed by atoms with Crippen molar-refractivity contribution in [3.05, 3.63) is 48.7 Å². The molecule has 0 radical (unpaired) electrons. The Kier molecular flexibility index (Phi) is 4.72. The lowest BCUT2D eigenvalue weighted by Gasteiger charge is -2.15. The van der Waals surface area contributed by atoms with Crippen LogP contribution in [0, 0.1) is 6.92 Å². The van der Waals surface area contributed by atoms with Gasteiger partial charge in [-0.2, -0.15) is 4.98 Å². The van der Waals surface area contributed by atoms with Crippen LogP contribution in [0.15, 0.2) is 43.1 Å². The third kappa shape index (κ3) is 3.90. The van der Waals surface area contributed by atoms with Gasteiger partial charge >= 0.3 is 0 Å². The monoisotopic (exact) mass is 380 g/mol. The summed E-state index contributed by atoms with van der Waals surface area (Å²) in [6, 6.07) is 8.15. The molecule has 3 heterocycles. The van der Waals surface area contributed by atoms with Crippen LogP contribution in [0.2, 0.25) is 0 Å². The van der Waals surface area contributed by atoms with Gasteiger partial charge in [0, 0.05) is 25.3 Å². The number of nitrogens with one attached hydrogen (secondary N) is 2. The number of nitrogens with zero attached hydrogens (tertiary/aromatic N) is 4. The van der Waals surface area contributed by atoms with Crippen LogP contribution in [0.5, 0.6) is 0 Å². The van der Waals surface area contributed by atoms with Gasteiger partial charge in [-0.3, -0.25) is 4.79 Å². The average molecular weight is 380 g/mol. The van der Waals surface area contributed by atoms with E-state index in [0.717, 1.165) is 21.8 Å². The summed E-state index contributed by atoms with van der Waals surface area (Å²) in [5.74, 6) is 1.18. The van der Waals surface area contributed by atoms with Crippen molar-refractivity contribution in [2.75, 3.05) is 23.7 Å². The highest BCUT2D eigenvalue weighted by Gasteiger charge is 2.25. The molecule has 1 fully saturated rings. The lowest BCUT2D eigenvalue weighted by atomic mass is 10.2. The topological polar surface area (TPSA) is 83.0 Å². The second-order valence-corrected chi connectivity index (χ2v) is 7.53. The van der Waals surface area contributed by atoms with E-state index in [9.17, 15) is 4.79 Å². The van der Waals surface area contributed by atoms with Crippen LogP contribution in [0.3, 0.4) is 0 Å². The van der Waals surface area contributed by atoms with Gasteiger partial charge < -0.3 is 15.5 Å². The van der Waals surface area contributed by atoms with E-state index < -0.39 is 0 Å². The number of fused-ring (bicyclic) bond motifs is 1. The molecule has 8 heteroatoms. The summed E-state index contributed by atoms with van der Waals surface area (Å²) in [7, 11) is 0. The SMILES string of the molecule is C=CC(=O)N1CCC(Nc2nccc(Nc3nc4ccc(C)cc4s3)n2)C1. The number of anilines is 3. The summed E-state index contributed by atoms with van der Waals surface area (Å²) in [6.45, 7) is 6.95. The third-order valence-corrected chi connectivity index (χ3v) is 5.38. The third-order valence-electron chi connectivity index (χ3n) is 4.44. The first-order valence-electron chi connectivity index (χ1n) is 8.76. The van der Waals surface area contributed by atoms with E-state index in [1.807, 2.05) is 12.1 Å². The summed E-state index contributed by atoms with van der Waals surface area (Å²) in [5, 5.41) is 7.35. The molecule has 1 amide bonds. The Morgan fingerprint density at radius 1 is 1.37 bits per heavy atom. The normalized spacial score (nSPS) is 16.5. The number of hydrogen-bond donors (Lipinski definition) is 2. The first-order chi connectivity index (χ1) is 13.1. The maximum atomic E-state index is 11.7. The van der Waals surface area contributed by atoms with Crippen molar-refractivity contribution in [2.24, 2.45) is 0 Å². The number of carbonyl (C=O) groups is 1. The van der Waals surface area contributed by atoms with E-state index in [-0.39, 0.29) is 11.9 Å². The van der Waals surface area contributed by atoms with Crippen LogP contribution in [-0.2, 0) is 4.79 Å². The number of likely N-dealkylation sites (tertiary alicyclic amines) is 1. The number of carbonyl (C=O) groups excluding carboxylic acids is 1. The molecule has 138 valence electrons. The number of thiazole rings is 1. The van der Waals surface area contributed by atoms with Gasteiger partial charge in [-0.1, -0.05) is 24.0 Å². The first-order valence-corrected chi connectivity index (χ1v) is 9.57. The van der Waals surface area contributed by atoms with Crippen LogP contribution < -0.4 is 10.6 Å². The number of aryl methyl sites for hydroxylation is 1. The molecular weight excluding hydrogens is 360 g/mol. The van der Waals surface area contributed by atoms with E-state index in [1.54, 1.807) is 22.4 Å². The zero-order valence-electron chi connectivity index (χ0n) is 15.0. The molecule has 4 rings (SSSR count). The Bertz CT molecular complexity index is 1000. The van der Waals surface area contributed by atoms with Gasteiger partial charge in [-0.05, 0) is 43.2 Å². The van der Waals surface area contributed by atoms with Crippen molar-refractivity contribution in [3.63, 3.8) is 0 Å². The molecule has 1 aromatic carbocycles. The van der Waals surface area contributed by atoms with Gasteiger partial charge in [0.05, 0.1) is 10.2 Å². The largest absolute Gasteiger partial charge is 0.350 e. The van der Waals surface area contributed by atoms with E-state index in [1.165, 1.54) is 11.6 Å². The minimum Gasteiger partial charge on any atom is -0.350 e. The number of amides is 1. The van der Waals surface area contributed by atoms with Crippen LogP contribution >= 0.6 is 11.3 Å². The standard InChI is InChI=1S/C19H20N6OS/c1-3-17(26)25-9-7-13(11-25)21-18-20-8-6-16(23-18)24-19-22-14-5-4-12(2)10-15(14)27-19/h3-6,8,10,13H,1,7,9,11H2,2H3,(H2,20,21,22,23,24). The van der Waals surface area contributed by atoms with Crippen molar-refractivity contribution < 1.29 is 4.79 Å². The quantitative estimate of drug-likeness (QED) is 0.661. The molecule has 7 nitrogen and oxygen atoms in total. The highest BCUT2D eigenvalue weighted by Crippen LogP contribution is 2.28. The molecule has 1 atom stereocenters. The Hall–Kier alpha value is -3.00. The fourth-order valence-corrected chi connectivity index (χ4v) is 4.05. The Labute approximate surface area is 161 Å². The smallest absolute Gasteiger partial charge is 0.246 e. The molecule has 0 aliphatic carbocycles. The molecule has 2 aromatic heterocycles. The minimum atomic E-state index is -0.0401. The number of rotatable bonds is 5. The molecule has 0 saturated carbocycles. The van der Waals surface area contributed by atoms with Crippen LogP contribution in [0.25, 0.3) is 10.2 Å². The summed E-state index contributed by atoms with van der Waals surface area (Å²) < 4.78 is 1.14. The summed E-state index contributed by atoms with van der Waals surface area (Å²) >= 11 is 1.59. The molecule has 0 spiro atoms. The van der Waals surface area contributed by atoms with Crippen molar-refractivity contribution in [1.29, 1.82) is 0 Å². The molecule has 1 unspecified atom stereocenters. The van der Waals surface area contributed by atoms with Crippen LogP contribution in [-0.4, -0.2) is 44.9 Å². The summed E-state index contributed by atoms with van der Waals surface area (Å²) in [4.78, 5) is 26.9. The van der Waals surface area contributed by atoms with Crippen LogP contribution in [0.1, 0.15) is 12.0 Å². The molecule has 1 saturated heterocycles. The number of hydrogen-bond acceptors (Lipinski definition) is 7. The second kappa shape index (κ2) is 7.32. The van der Waals surface area contributed by atoms with E-state index >= 15 is 0 Å². The van der Waals surface area contributed by atoms with Crippen molar-refractivity contribution >= 4 is 44.4 Å². The van der Waals surface area contributed by atoms with Crippen molar-refractivity contribution in [3.8, 4) is 0 Å². The van der Waals surface area contributed by atoms with Gasteiger partial charge in [0.2, 0.25) is 11.9 Å². The Morgan fingerprint density at radius 3 is 3.11 bits per heavy atom. The minimum absolute atomic E-state index is 0.0401. The number of aromatic nitrogens is 3. The highest BCUT2D eigenvalue weighted by molar-refractivity contribution is 7.22. The summed E-state index contributed by atoms with van der Waals surface area (Å²) in [5.41, 5.74) is 2.19. The Balaban J connectivity index is 1.44. The Morgan fingerprint density at radius 2 is 2.26 bits per heavy atom. The maximum absolute atomic E-state index is 11.7. The zero-order valence-corrected chi connectivity index (χ0v) is 15.8. The molecule has 3 aromatic rings. The molecular formula is C19H20N6OS. The first kappa shape index (κ1) is 17.4. The lowest BCUT2D eigenvalue weighted by Crippen LogP contribution is -2.30. The van der Waals surface area contributed by atoms with Gasteiger partial charge in [-0.25, -0.2) is 9.97 Å². The zero-order chi connectivity index (χ0) is 18.8. The predicted molar refractivity (Wildman–Crippen MR) is 108 cm³/mol. The number of benzene rings is 1. The molecule has 1 aliphatic rings. The predicted octanol–water partition coefficient (Wildman–Crippen LogP) is 3.34. The van der Waals surface area contributed by atoms with Crippen LogP contribution in [0.4, 0.5) is 16.9 Å². The van der Waals surface area contributed by atoms with E-state index in [2.05, 4.69) is 51.2 Å². The van der Waals surface area contributed by atoms with Gasteiger partial charge in [-0.15, -0.1) is 0 Å². The second-order valence-electron chi connectivity index (χ2n) is 6.50. The van der Waals surface area contributed by atoms with Crippen molar-refractivity contribution in [2.45, 2.75) is 19.4 Å². The fourth-order valence-electron chi connectivity index (χ4n) is 3.08. The highest BCUT2D eigenvalue weighted by atomic mass is 32.1. The molecule has 1 aliphatic heterocycles. The molecule has 2 N–H and O–H groups in total. The van der Waals surface area contributed by atoms with Crippen molar-refractivity contribution in [1.82, 2.24) is 19.9 Å². The van der Waals surface area contributed by atoms with Gasteiger partial charge in [0.1, 0.15) is 5.82 Å². The average Bonchev–Trinajstić information content (AvgIpc) is 3.27. The van der Waals surface area contributed by atoms with E-state index in [4.69, 9.17) is 0 Å². The van der Waals surface area contributed by atoms with Gasteiger partial charge in [0.25, 0.3) is 0 Å². The molecule has 0 bridgehead atoms. The molecule has 27 heavy (non-hydrogen) atoms. The van der Waals surface area contributed by atoms with E-state index in [0.29, 0.717) is 24.9 Å². The maximum Gasteiger partial charge on any atom is 0.246 e. The lowest BCUT2D eigenvalue weighted by molar-refractivity contribution is -0.125. The fraction of sp³-hybridized carbons (Fsp3) is 0.263. The summed E-state index contributed by atoms with van der Waals surface area (Å²) in [6.07, 6.45) is 3.91. The van der Waals surface area contributed by atoms with Gasteiger partial charge in [0.15, 0.2) is 5.13 Å².